The summed E-state index contributed by atoms with van der Waals surface area (Å²) in [4.78, 5) is 12.5. The van der Waals surface area contributed by atoms with Gasteiger partial charge in [0.2, 0.25) is 5.91 Å². The molecular weight excluding hydrogens is 154 g/mol. The lowest BCUT2D eigenvalue weighted by Gasteiger charge is -2.27. The summed E-state index contributed by atoms with van der Waals surface area (Å²) < 4.78 is 0. The highest BCUT2D eigenvalue weighted by Crippen LogP contribution is 2.03. The molecule has 0 fully saturated rings. The Morgan fingerprint density at radius 1 is 1.58 bits per heavy atom. The van der Waals surface area contributed by atoms with Gasteiger partial charge in [-0.1, -0.05) is 0 Å². The number of carbonyl (C=O) groups is 1. The molecule has 0 aliphatic rings. The zero-order valence-corrected chi connectivity index (χ0v) is 7.74. The standard InChI is InChI=1S/C8H15N3O/c1-6(2)11(5-4-9)7(3)8(10)12/h6-7H,5H2,1-3H3,(H2,10,12). The molecule has 0 saturated heterocycles. The van der Waals surface area contributed by atoms with Crippen LogP contribution in [-0.2, 0) is 4.79 Å². The van der Waals surface area contributed by atoms with Gasteiger partial charge in [-0.3, -0.25) is 9.69 Å². The van der Waals surface area contributed by atoms with Gasteiger partial charge in [0.25, 0.3) is 0 Å². The third-order valence-electron chi connectivity index (χ3n) is 1.83. The maximum Gasteiger partial charge on any atom is 0.234 e. The first-order valence-corrected chi connectivity index (χ1v) is 3.92. The van der Waals surface area contributed by atoms with Gasteiger partial charge in [0, 0.05) is 6.04 Å². The lowest BCUT2D eigenvalue weighted by Crippen LogP contribution is -2.46. The van der Waals surface area contributed by atoms with Gasteiger partial charge in [-0.2, -0.15) is 5.26 Å². The van der Waals surface area contributed by atoms with Crippen LogP contribution in [0.3, 0.4) is 0 Å². The van der Waals surface area contributed by atoms with Crippen LogP contribution < -0.4 is 5.73 Å². The second kappa shape index (κ2) is 4.73. The van der Waals surface area contributed by atoms with Crippen LogP contribution in [0.15, 0.2) is 0 Å². The number of hydrogen-bond donors (Lipinski definition) is 1. The molecule has 1 amide bonds. The zero-order chi connectivity index (χ0) is 9.72. The Labute approximate surface area is 72.9 Å². The predicted octanol–water partition coefficient (Wildman–Crippen LogP) is 0.0942. The molecule has 0 spiro atoms. The summed E-state index contributed by atoms with van der Waals surface area (Å²) in [6.07, 6.45) is 0. The minimum atomic E-state index is -0.390. The minimum absolute atomic E-state index is 0.159. The Balaban J connectivity index is 4.31. The molecule has 0 aromatic rings. The largest absolute Gasteiger partial charge is 0.368 e. The van der Waals surface area contributed by atoms with Gasteiger partial charge in [-0.05, 0) is 20.8 Å². The van der Waals surface area contributed by atoms with E-state index in [9.17, 15) is 4.79 Å². The Kier molecular flexibility index (Phi) is 4.30. The normalized spacial score (nSPS) is 13.0. The third kappa shape index (κ3) is 2.89. The van der Waals surface area contributed by atoms with E-state index in [0.29, 0.717) is 0 Å². The van der Waals surface area contributed by atoms with E-state index in [2.05, 4.69) is 0 Å². The summed E-state index contributed by atoms with van der Waals surface area (Å²) in [5.41, 5.74) is 5.11. The Hall–Kier alpha value is -1.08. The summed E-state index contributed by atoms with van der Waals surface area (Å²) >= 11 is 0. The number of carbonyl (C=O) groups excluding carboxylic acids is 1. The number of nitriles is 1. The van der Waals surface area contributed by atoms with Crippen LogP contribution in [0.25, 0.3) is 0 Å². The number of nitrogens with two attached hydrogens (primary N) is 1. The molecule has 0 aliphatic heterocycles. The van der Waals surface area contributed by atoms with E-state index in [0.717, 1.165) is 0 Å². The first kappa shape index (κ1) is 10.9. The number of primary amides is 1. The molecule has 0 bridgehead atoms. The van der Waals surface area contributed by atoms with Gasteiger partial charge in [-0.15, -0.1) is 0 Å². The number of hydrogen-bond acceptors (Lipinski definition) is 3. The van der Waals surface area contributed by atoms with Gasteiger partial charge < -0.3 is 5.73 Å². The molecule has 0 heterocycles. The van der Waals surface area contributed by atoms with Crippen molar-refractivity contribution in [1.29, 1.82) is 5.26 Å². The molecular formula is C8H15N3O. The van der Waals surface area contributed by atoms with Gasteiger partial charge in [0.15, 0.2) is 0 Å². The highest BCUT2D eigenvalue weighted by atomic mass is 16.1. The van der Waals surface area contributed by atoms with Crippen LogP contribution in [0.5, 0.6) is 0 Å². The van der Waals surface area contributed by atoms with Crippen LogP contribution in [-0.4, -0.2) is 29.4 Å². The van der Waals surface area contributed by atoms with Gasteiger partial charge in [0.1, 0.15) is 0 Å². The molecule has 68 valence electrons. The summed E-state index contributed by atoms with van der Waals surface area (Å²) in [7, 11) is 0. The second-order valence-electron chi connectivity index (χ2n) is 3.00. The van der Waals surface area contributed by atoms with E-state index in [1.165, 1.54) is 0 Å². The van der Waals surface area contributed by atoms with Crippen LogP contribution in [0.4, 0.5) is 0 Å². The van der Waals surface area contributed by atoms with Crippen molar-refractivity contribution in [2.75, 3.05) is 6.54 Å². The highest BCUT2D eigenvalue weighted by molar-refractivity contribution is 5.79. The van der Waals surface area contributed by atoms with E-state index in [4.69, 9.17) is 11.0 Å². The SMILES string of the molecule is CC(C)N(CC#N)C(C)C(N)=O. The smallest absolute Gasteiger partial charge is 0.234 e. The molecule has 4 nitrogen and oxygen atoms in total. The average molecular weight is 169 g/mol. The lowest BCUT2D eigenvalue weighted by atomic mass is 10.2. The molecule has 0 aromatic carbocycles. The third-order valence-corrected chi connectivity index (χ3v) is 1.83. The summed E-state index contributed by atoms with van der Waals surface area (Å²) in [6.45, 7) is 5.80. The van der Waals surface area contributed by atoms with Gasteiger partial charge in [0.05, 0.1) is 18.7 Å². The van der Waals surface area contributed by atoms with Crippen molar-refractivity contribution in [2.24, 2.45) is 5.73 Å². The summed E-state index contributed by atoms with van der Waals surface area (Å²) in [5.74, 6) is -0.390. The fourth-order valence-electron chi connectivity index (χ4n) is 1.01. The van der Waals surface area contributed by atoms with Crippen molar-refractivity contribution in [3.63, 3.8) is 0 Å². The number of amides is 1. The Morgan fingerprint density at radius 3 is 2.33 bits per heavy atom. The van der Waals surface area contributed by atoms with Crippen LogP contribution >= 0.6 is 0 Å². The van der Waals surface area contributed by atoms with Crippen LogP contribution in [0, 0.1) is 11.3 Å². The van der Waals surface area contributed by atoms with Gasteiger partial charge >= 0.3 is 0 Å². The van der Waals surface area contributed by atoms with E-state index in [-0.39, 0.29) is 24.5 Å². The van der Waals surface area contributed by atoms with Crippen molar-refractivity contribution < 1.29 is 4.79 Å². The summed E-state index contributed by atoms with van der Waals surface area (Å²) in [5, 5.41) is 8.47. The van der Waals surface area contributed by atoms with Crippen molar-refractivity contribution in [3.8, 4) is 6.07 Å². The fraction of sp³-hybridized carbons (Fsp3) is 0.750. The molecule has 12 heavy (non-hydrogen) atoms. The first-order chi connectivity index (χ1) is 5.50. The number of nitrogens with zero attached hydrogens (tertiary/aromatic N) is 2. The first-order valence-electron chi connectivity index (χ1n) is 3.92. The predicted molar refractivity (Wildman–Crippen MR) is 46.1 cm³/mol. The molecule has 4 heteroatoms. The van der Waals surface area contributed by atoms with E-state index in [1.54, 1.807) is 11.8 Å². The molecule has 2 N–H and O–H groups in total. The monoisotopic (exact) mass is 169 g/mol. The van der Waals surface area contributed by atoms with Crippen molar-refractivity contribution >= 4 is 5.91 Å². The molecule has 0 radical (unpaired) electrons. The van der Waals surface area contributed by atoms with E-state index < -0.39 is 0 Å². The average Bonchev–Trinajstić information content (AvgIpc) is 1.98. The quantitative estimate of drug-likeness (QED) is 0.606. The number of rotatable bonds is 4. The lowest BCUT2D eigenvalue weighted by molar-refractivity contribution is -0.123. The Morgan fingerprint density at radius 2 is 2.08 bits per heavy atom. The zero-order valence-electron chi connectivity index (χ0n) is 7.74. The topological polar surface area (TPSA) is 70.1 Å². The molecule has 1 unspecified atom stereocenters. The molecule has 0 aromatic heterocycles. The van der Waals surface area contributed by atoms with Gasteiger partial charge in [-0.25, -0.2) is 0 Å². The van der Waals surface area contributed by atoms with Crippen LogP contribution in [0.2, 0.25) is 0 Å². The second-order valence-corrected chi connectivity index (χ2v) is 3.00. The van der Waals surface area contributed by atoms with Crippen molar-refractivity contribution in [3.05, 3.63) is 0 Å². The highest BCUT2D eigenvalue weighted by Gasteiger charge is 2.20. The molecule has 0 saturated carbocycles. The minimum Gasteiger partial charge on any atom is -0.368 e. The van der Waals surface area contributed by atoms with E-state index in [1.807, 2.05) is 19.9 Å². The maximum atomic E-state index is 10.8. The molecule has 0 aliphatic carbocycles. The fourth-order valence-corrected chi connectivity index (χ4v) is 1.01. The van der Waals surface area contributed by atoms with Crippen molar-refractivity contribution in [1.82, 2.24) is 4.90 Å². The molecule has 0 rings (SSSR count). The Bertz CT molecular complexity index is 195. The van der Waals surface area contributed by atoms with Crippen molar-refractivity contribution in [2.45, 2.75) is 32.9 Å². The molecule has 1 atom stereocenters. The maximum absolute atomic E-state index is 10.8. The van der Waals surface area contributed by atoms with E-state index >= 15 is 0 Å². The van der Waals surface area contributed by atoms with Crippen LogP contribution in [0.1, 0.15) is 20.8 Å². The summed E-state index contributed by atoms with van der Waals surface area (Å²) in [6, 6.07) is 1.79.